The van der Waals surface area contributed by atoms with Crippen molar-refractivity contribution < 1.29 is 4.79 Å². The molecule has 0 radical (unpaired) electrons. The van der Waals surface area contributed by atoms with Gasteiger partial charge in [-0.15, -0.1) is 11.8 Å². The molecule has 0 bridgehead atoms. The first kappa shape index (κ1) is 16.5. The van der Waals surface area contributed by atoms with Crippen LogP contribution in [0.4, 0.5) is 5.69 Å². The van der Waals surface area contributed by atoms with Crippen molar-refractivity contribution in [2.75, 3.05) is 11.6 Å². The lowest BCUT2D eigenvalue weighted by atomic mass is 9.93. The van der Waals surface area contributed by atoms with Crippen LogP contribution in [0.1, 0.15) is 37.0 Å². The third-order valence-corrected chi connectivity index (χ3v) is 4.41. The zero-order valence-corrected chi connectivity index (χ0v) is 15.0. The van der Waals surface area contributed by atoms with Crippen LogP contribution in [0.5, 0.6) is 0 Å². The molecule has 0 saturated heterocycles. The van der Waals surface area contributed by atoms with Gasteiger partial charge in [-0.05, 0) is 42.7 Å². The summed E-state index contributed by atoms with van der Waals surface area (Å²) in [6.45, 7) is 6.29. The van der Waals surface area contributed by atoms with Crippen LogP contribution in [0.3, 0.4) is 0 Å². The number of nitrogens with one attached hydrogen (secondary N) is 1. The van der Waals surface area contributed by atoms with Crippen molar-refractivity contribution >= 4 is 29.0 Å². The highest BCUT2D eigenvalue weighted by Crippen LogP contribution is 2.21. The van der Waals surface area contributed by atoms with E-state index in [9.17, 15) is 4.79 Å². The minimum absolute atomic E-state index is 0.0604. The largest absolute Gasteiger partial charge is 0.321 e. The van der Waals surface area contributed by atoms with Gasteiger partial charge in [0.2, 0.25) is 0 Å². The van der Waals surface area contributed by atoms with Gasteiger partial charge in [0, 0.05) is 16.0 Å². The van der Waals surface area contributed by atoms with Crippen molar-refractivity contribution in [2.24, 2.45) is 0 Å². The van der Waals surface area contributed by atoms with Gasteiger partial charge < -0.3 is 5.32 Å². The van der Waals surface area contributed by atoms with E-state index in [4.69, 9.17) is 0 Å². The first-order chi connectivity index (χ1) is 11.4. The van der Waals surface area contributed by atoms with E-state index in [0.717, 1.165) is 21.9 Å². The van der Waals surface area contributed by atoms with Gasteiger partial charge in [0.25, 0.3) is 5.91 Å². The second kappa shape index (κ2) is 6.28. The molecular formula is C18H20N4OS. The fourth-order valence-electron chi connectivity index (χ4n) is 2.23. The number of imidazole rings is 1. The van der Waals surface area contributed by atoms with Crippen LogP contribution in [0.15, 0.2) is 47.5 Å². The van der Waals surface area contributed by atoms with Gasteiger partial charge >= 0.3 is 0 Å². The summed E-state index contributed by atoms with van der Waals surface area (Å²) in [5.74, 6) is -0.236. The molecule has 0 unspecified atom stereocenters. The van der Waals surface area contributed by atoms with Gasteiger partial charge in [-0.2, -0.15) is 5.10 Å². The summed E-state index contributed by atoms with van der Waals surface area (Å²) in [5.41, 5.74) is 2.73. The zero-order chi connectivity index (χ0) is 17.3. The van der Waals surface area contributed by atoms with Crippen molar-refractivity contribution in [3.05, 3.63) is 54.0 Å². The topological polar surface area (TPSA) is 59.3 Å². The molecular weight excluding hydrogens is 320 g/mol. The number of rotatable bonds is 3. The molecule has 0 fully saturated rings. The molecule has 3 rings (SSSR count). The Bertz CT molecular complexity index is 878. The average molecular weight is 340 g/mol. The Morgan fingerprint density at radius 3 is 2.46 bits per heavy atom. The van der Waals surface area contributed by atoms with Crippen LogP contribution in [-0.2, 0) is 5.41 Å². The number of hydrogen-bond acceptors (Lipinski definition) is 4. The molecule has 0 spiro atoms. The molecule has 2 aromatic heterocycles. The molecule has 1 amide bonds. The van der Waals surface area contributed by atoms with Crippen LogP contribution in [0, 0.1) is 0 Å². The number of fused-ring (bicyclic) bond motifs is 1. The maximum Gasteiger partial charge on any atom is 0.276 e. The number of thioether (sulfide) groups is 1. The van der Waals surface area contributed by atoms with Crippen LogP contribution in [0.2, 0.25) is 0 Å². The Balaban J connectivity index is 1.83. The third-order valence-electron chi connectivity index (χ3n) is 3.67. The molecule has 6 heteroatoms. The fourth-order valence-corrected chi connectivity index (χ4v) is 2.64. The van der Waals surface area contributed by atoms with Gasteiger partial charge in [0.1, 0.15) is 5.69 Å². The number of nitrogens with zero attached hydrogens (tertiary/aromatic N) is 3. The van der Waals surface area contributed by atoms with Gasteiger partial charge in [-0.3, -0.25) is 4.79 Å². The Hall–Kier alpha value is -2.34. The third kappa shape index (κ3) is 3.43. The molecule has 0 aliphatic carbocycles. The summed E-state index contributed by atoms with van der Waals surface area (Å²) in [4.78, 5) is 18.1. The van der Waals surface area contributed by atoms with Crippen molar-refractivity contribution in [2.45, 2.75) is 31.1 Å². The molecule has 124 valence electrons. The zero-order valence-electron chi connectivity index (χ0n) is 14.2. The van der Waals surface area contributed by atoms with Crippen molar-refractivity contribution in [3.63, 3.8) is 0 Å². The van der Waals surface area contributed by atoms with Crippen LogP contribution >= 0.6 is 11.8 Å². The first-order valence-electron chi connectivity index (χ1n) is 7.69. The molecule has 1 aromatic carbocycles. The number of carbonyl (C=O) groups is 1. The molecule has 0 aliphatic heterocycles. The molecule has 1 N–H and O–H groups in total. The van der Waals surface area contributed by atoms with E-state index < -0.39 is 0 Å². The summed E-state index contributed by atoms with van der Waals surface area (Å²) in [6, 6.07) is 11.2. The number of aromatic nitrogens is 3. The van der Waals surface area contributed by atoms with E-state index in [1.807, 2.05) is 42.8 Å². The van der Waals surface area contributed by atoms with Crippen LogP contribution < -0.4 is 5.32 Å². The van der Waals surface area contributed by atoms with Crippen molar-refractivity contribution in [3.8, 4) is 0 Å². The first-order valence-corrected chi connectivity index (χ1v) is 8.91. The fraction of sp³-hybridized carbons (Fsp3) is 0.278. The summed E-state index contributed by atoms with van der Waals surface area (Å²) in [6.07, 6.45) is 3.89. The maximum atomic E-state index is 12.4. The molecule has 3 aromatic rings. The maximum absolute atomic E-state index is 12.4. The quantitative estimate of drug-likeness (QED) is 0.732. The minimum atomic E-state index is -0.236. The second-order valence-electron chi connectivity index (χ2n) is 6.58. The number of amides is 1. The molecule has 0 atom stereocenters. The number of benzene rings is 1. The summed E-state index contributed by atoms with van der Waals surface area (Å²) < 4.78 is 1.66. The summed E-state index contributed by atoms with van der Waals surface area (Å²) in [7, 11) is 0. The number of carbonyl (C=O) groups excluding carboxylic acids is 1. The van der Waals surface area contributed by atoms with Crippen molar-refractivity contribution in [1.82, 2.24) is 14.6 Å². The van der Waals surface area contributed by atoms with E-state index in [-0.39, 0.29) is 11.3 Å². The Morgan fingerprint density at radius 2 is 1.83 bits per heavy atom. The van der Waals surface area contributed by atoms with E-state index >= 15 is 0 Å². The highest BCUT2D eigenvalue weighted by molar-refractivity contribution is 7.98. The van der Waals surface area contributed by atoms with Crippen LogP contribution in [0.25, 0.3) is 5.65 Å². The average Bonchev–Trinajstić information content (AvgIpc) is 2.99. The number of anilines is 1. The van der Waals surface area contributed by atoms with Gasteiger partial charge in [0.15, 0.2) is 5.65 Å². The lowest BCUT2D eigenvalue weighted by Crippen LogP contribution is -2.15. The highest BCUT2D eigenvalue weighted by Gasteiger charge is 2.18. The standard InChI is InChI=1S/C18H20N4OS/c1-18(2,3)15-11-22-16(20-15)10-9-14(21-22)17(23)19-12-5-7-13(24-4)8-6-12/h5-11H,1-4H3,(H,19,23). The van der Waals surface area contributed by atoms with Crippen molar-refractivity contribution in [1.29, 1.82) is 0 Å². The smallest absolute Gasteiger partial charge is 0.276 e. The molecule has 0 saturated carbocycles. The van der Waals surface area contributed by atoms with E-state index in [0.29, 0.717) is 5.69 Å². The second-order valence-corrected chi connectivity index (χ2v) is 7.46. The molecule has 24 heavy (non-hydrogen) atoms. The van der Waals surface area contributed by atoms with Gasteiger partial charge in [-0.25, -0.2) is 9.50 Å². The van der Waals surface area contributed by atoms with Crippen LogP contribution in [-0.4, -0.2) is 26.8 Å². The highest BCUT2D eigenvalue weighted by atomic mass is 32.2. The Labute approximate surface area is 145 Å². The minimum Gasteiger partial charge on any atom is -0.321 e. The summed E-state index contributed by atoms with van der Waals surface area (Å²) in [5, 5.41) is 7.24. The summed E-state index contributed by atoms with van der Waals surface area (Å²) >= 11 is 1.66. The van der Waals surface area contributed by atoms with E-state index in [1.165, 1.54) is 0 Å². The van der Waals surface area contributed by atoms with E-state index in [2.05, 4.69) is 36.2 Å². The number of hydrogen-bond donors (Lipinski definition) is 1. The Morgan fingerprint density at radius 1 is 1.12 bits per heavy atom. The normalized spacial score (nSPS) is 11.7. The lowest BCUT2D eigenvalue weighted by molar-refractivity contribution is 0.102. The molecule has 5 nitrogen and oxygen atoms in total. The molecule has 0 aliphatic rings. The van der Waals surface area contributed by atoms with Gasteiger partial charge in [0.05, 0.1) is 11.9 Å². The lowest BCUT2D eigenvalue weighted by Gasteiger charge is -2.13. The molecule has 2 heterocycles. The predicted molar refractivity (Wildman–Crippen MR) is 97.9 cm³/mol. The SMILES string of the molecule is CSc1ccc(NC(=O)c2ccc3nc(C(C)(C)C)cn3n2)cc1. The predicted octanol–water partition coefficient (Wildman–Crippen LogP) is 4.00. The monoisotopic (exact) mass is 340 g/mol. The van der Waals surface area contributed by atoms with E-state index in [1.54, 1.807) is 22.3 Å². The Kier molecular flexibility index (Phi) is 4.32. The van der Waals surface area contributed by atoms with Gasteiger partial charge in [-0.1, -0.05) is 20.8 Å².